The number of thioether (sulfide) groups is 1. The van der Waals surface area contributed by atoms with Crippen molar-refractivity contribution in [3.05, 3.63) is 51.2 Å². The number of thiophene rings is 1. The molecule has 0 aliphatic rings. The molecule has 1 heterocycles. The standard InChI is InChI=1S/C16H21NS2/c1-10-5-7-14(9-11(10)2)19-16(13(4)17)15-8-6-12(3)18-15/h5-9,13,16H,17H2,1-4H3. The summed E-state index contributed by atoms with van der Waals surface area (Å²) in [5, 5.41) is 0.334. The highest BCUT2D eigenvalue weighted by Gasteiger charge is 2.19. The van der Waals surface area contributed by atoms with Crippen LogP contribution in [0.15, 0.2) is 35.2 Å². The lowest BCUT2D eigenvalue weighted by Crippen LogP contribution is -2.21. The van der Waals surface area contributed by atoms with Crippen LogP contribution in [0.25, 0.3) is 0 Å². The van der Waals surface area contributed by atoms with Crippen LogP contribution < -0.4 is 5.73 Å². The van der Waals surface area contributed by atoms with Crippen molar-refractivity contribution in [1.29, 1.82) is 0 Å². The number of rotatable bonds is 4. The Balaban J connectivity index is 2.23. The van der Waals surface area contributed by atoms with Crippen LogP contribution in [-0.4, -0.2) is 6.04 Å². The van der Waals surface area contributed by atoms with E-state index in [4.69, 9.17) is 5.73 Å². The molecule has 0 bridgehead atoms. The first-order chi connectivity index (χ1) is 8.97. The van der Waals surface area contributed by atoms with Gasteiger partial charge in [0.15, 0.2) is 0 Å². The summed E-state index contributed by atoms with van der Waals surface area (Å²) in [6.45, 7) is 8.55. The van der Waals surface area contributed by atoms with Crippen molar-refractivity contribution in [2.75, 3.05) is 0 Å². The molecule has 2 aromatic rings. The van der Waals surface area contributed by atoms with Crippen LogP contribution in [0.2, 0.25) is 0 Å². The second-order valence-corrected chi connectivity index (χ2v) is 7.63. The Labute approximate surface area is 124 Å². The average molecular weight is 291 g/mol. The number of benzene rings is 1. The van der Waals surface area contributed by atoms with E-state index in [9.17, 15) is 0 Å². The van der Waals surface area contributed by atoms with Crippen LogP contribution in [0.3, 0.4) is 0 Å². The Morgan fingerprint density at radius 3 is 2.32 bits per heavy atom. The fourth-order valence-electron chi connectivity index (χ4n) is 1.96. The fourth-order valence-corrected chi connectivity index (χ4v) is 4.32. The van der Waals surface area contributed by atoms with Crippen molar-refractivity contribution >= 4 is 23.1 Å². The molecule has 0 saturated heterocycles. The molecule has 1 aromatic heterocycles. The Morgan fingerprint density at radius 2 is 1.79 bits per heavy atom. The topological polar surface area (TPSA) is 26.0 Å². The van der Waals surface area contributed by atoms with Gasteiger partial charge in [-0.05, 0) is 63.1 Å². The molecule has 2 atom stereocenters. The van der Waals surface area contributed by atoms with Crippen LogP contribution in [0.5, 0.6) is 0 Å². The highest BCUT2D eigenvalue weighted by Crippen LogP contribution is 2.40. The van der Waals surface area contributed by atoms with Crippen LogP contribution in [0.4, 0.5) is 0 Å². The van der Waals surface area contributed by atoms with Gasteiger partial charge in [-0.25, -0.2) is 0 Å². The van der Waals surface area contributed by atoms with Gasteiger partial charge >= 0.3 is 0 Å². The van der Waals surface area contributed by atoms with Crippen molar-refractivity contribution in [1.82, 2.24) is 0 Å². The van der Waals surface area contributed by atoms with E-state index in [1.165, 1.54) is 25.8 Å². The summed E-state index contributed by atoms with van der Waals surface area (Å²) in [7, 11) is 0. The third-order valence-corrected chi connectivity index (χ3v) is 5.96. The molecule has 0 radical (unpaired) electrons. The zero-order chi connectivity index (χ0) is 14.0. The van der Waals surface area contributed by atoms with E-state index in [0.29, 0.717) is 5.25 Å². The van der Waals surface area contributed by atoms with Crippen LogP contribution in [0, 0.1) is 20.8 Å². The lowest BCUT2D eigenvalue weighted by atomic mass is 10.1. The van der Waals surface area contributed by atoms with Crippen molar-refractivity contribution in [2.24, 2.45) is 5.73 Å². The molecule has 19 heavy (non-hydrogen) atoms. The maximum absolute atomic E-state index is 6.18. The lowest BCUT2D eigenvalue weighted by molar-refractivity contribution is 0.730. The molecule has 102 valence electrons. The SMILES string of the molecule is Cc1ccc(C(Sc2ccc(C)c(C)c2)C(C)N)s1. The first kappa shape index (κ1) is 14.6. The number of aryl methyl sites for hydroxylation is 3. The van der Waals surface area contributed by atoms with Crippen molar-refractivity contribution in [3.8, 4) is 0 Å². The van der Waals surface area contributed by atoms with E-state index in [1.807, 2.05) is 23.1 Å². The number of hydrogen-bond acceptors (Lipinski definition) is 3. The monoisotopic (exact) mass is 291 g/mol. The maximum Gasteiger partial charge on any atom is 0.0586 e. The largest absolute Gasteiger partial charge is 0.327 e. The summed E-state index contributed by atoms with van der Waals surface area (Å²) in [4.78, 5) is 4.02. The molecule has 2 rings (SSSR count). The van der Waals surface area contributed by atoms with E-state index >= 15 is 0 Å². The third kappa shape index (κ3) is 3.62. The zero-order valence-corrected chi connectivity index (χ0v) is 13.6. The summed E-state index contributed by atoms with van der Waals surface area (Å²) in [5.74, 6) is 0. The minimum absolute atomic E-state index is 0.143. The van der Waals surface area contributed by atoms with Crippen molar-refractivity contribution in [3.63, 3.8) is 0 Å². The van der Waals surface area contributed by atoms with Gasteiger partial charge in [-0.2, -0.15) is 0 Å². The predicted octanol–water partition coefficient (Wildman–Crippen LogP) is 4.85. The minimum atomic E-state index is 0.143. The Bertz CT molecular complexity index is 558. The van der Waals surface area contributed by atoms with E-state index < -0.39 is 0 Å². The highest BCUT2D eigenvalue weighted by atomic mass is 32.2. The highest BCUT2D eigenvalue weighted by molar-refractivity contribution is 7.99. The summed E-state index contributed by atoms with van der Waals surface area (Å²) >= 11 is 3.72. The molecular weight excluding hydrogens is 270 g/mol. The van der Waals surface area contributed by atoms with E-state index in [2.05, 4.69) is 58.0 Å². The van der Waals surface area contributed by atoms with Gasteiger partial charge in [-0.3, -0.25) is 0 Å². The van der Waals surface area contributed by atoms with Crippen LogP contribution in [0.1, 0.15) is 33.1 Å². The molecular formula is C16H21NS2. The van der Waals surface area contributed by atoms with Crippen molar-refractivity contribution < 1.29 is 0 Å². The van der Waals surface area contributed by atoms with Gasteiger partial charge in [-0.1, -0.05) is 6.07 Å². The quantitative estimate of drug-likeness (QED) is 0.815. The molecule has 2 unspecified atom stereocenters. The number of hydrogen-bond donors (Lipinski definition) is 1. The van der Waals surface area contributed by atoms with Gasteiger partial charge in [0.05, 0.1) is 5.25 Å². The predicted molar refractivity (Wildman–Crippen MR) is 87.2 cm³/mol. The minimum Gasteiger partial charge on any atom is -0.327 e. The van der Waals surface area contributed by atoms with Gasteiger partial charge in [0.2, 0.25) is 0 Å². The summed E-state index contributed by atoms with van der Waals surface area (Å²) in [6.07, 6.45) is 0. The second kappa shape index (κ2) is 6.12. The molecule has 0 spiro atoms. The Hall–Kier alpha value is -0.770. The molecule has 0 saturated carbocycles. The molecule has 0 amide bonds. The maximum atomic E-state index is 6.18. The van der Waals surface area contributed by atoms with Gasteiger partial charge < -0.3 is 5.73 Å². The Morgan fingerprint density at radius 1 is 1.05 bits per heavy atom. The van der Waals surface area contributed by atoms with E-state index in [1.54, 1.807) is 0 Å². The van der Waals surface area contributed by atoms with E-state index in [-0.39, 0.29) is 6.04 Å². The van der Waals surface area contributed by atoms with Gasteiger partial charge in [0.25, 0.3) is 0 Å². The molecule has 2 N–H and O–H groups in total. The lowest BCUT2D eigenvalue weighted by Gasteiger charge is -2.19. The normalized spacial score (nSPS) is 14.4. The van der Waals surface area contributed by atoms with Crippen LogP contribution in [-0.2, 0) is 0 Å². The Kier molecular flexibility index (Phi) is 4.71. The first-order valence-electron chi connectivity index (χ1n) is 6.53. The molecule has 0 aliphatic carbocycles. The van der Waals surface area contributed by atoms with E-state index in [0.717, 1.165) is 0 Å². The second-order valence-electron chi connectivity index (χ2n) is 5.09. The summed E-state index contributed by atoms with van der Waals surface area (Å²) in [5.41, 5.74) is 8.86. The van der Waals surface area contributed by atoms with Gasteiger partial charge in [0.1, 0.15) is 0 Å². The summed E-state index contributed by atoms with van der Waals surface area (Å²) in [6, 6.07) is 11.2. The van der Waals surface area contributed by atoms with Crippen LogP contribution >= 0.6 is 23.1 Å². The van der Waals surface area contributed by atoms with Crippen molar-refractivity contribution in [2.45, 2.75) is 43.9 Å². The average Bonchev–Trinajstić information content (AvgIpc) is 2.76. The molecule has 0 fully saturated rings. The van der Waals surface area contributed by atoms with Gasteiger partial charge in [-0.15, -0.1) is 23.1 Å². The molecule has 0 aliphatic heterocycles. The zero-order valence-electron chi connectivity index (χ0n) is 11.9. The molecule has 1 nitrogen and oxygen atoms in total. The smallest absolute Gasteiger partial charge is 0.0586 e. The first-order valence-corrected chi connectivity index (χ1v) is 8.23. The number of nitrogens with two attached hydrogens (primary N) is 1. The molecule has 1 aromatic carbocycles. The third-order valence-electron chi connectivity index (χ3n) is 3.26. The molecule has 3 heteroatoms. The fraction of sp³-hybridized carbons (Fsp3) is 0.375. The summed E-state index contributed by atoms with van der Waals surface area (Å²) < 4.78 is 0. The van der Waals surface area contributed by atoms with Gasteiger partial charge in [0, 0.05) is 20.7 Å².